The Morgan fingerprint density at radius 2 is 2.00 bits per heavy atom. The molecule has 0 unspecified atom stereocenters. The fourth-order valence-electron chi connectivity index (χ4n) is 2.83. The molecular formula is C16H20N2O3. The Morgan fingerprint density at radius 1 is 1.19 bits per heavy atom. The van der Waals surface area contributed by atoms with E-state index in [4.69, 9.17) is 4.74 Å². The monoisotopic (exact) mass is 288 g/mol. The van der Waals surface area contributed by atoms with Crippen LogP contribution in [0.4, 0.5) is 5.69 Å². The van der Waals surface area contributed by atoms with Gasteiger partial charge < -0.3 is 15.0 Å². The van der Waals surface area contributed by atoms with Gasteiger partial charge in [0.25, 0.3) is 5.91 Å². The summed E-state index contributed by atoms with van der Waals surface area (Å²) in [5, 5.41) is 2.83. The molecule has 2 aliphatic rings. The lowest BCUT2D eigenvalue weighted by Crippen LogP contribution is -2.38. The molecule has 112 valence electrons. The summed E-state index contributed by atoms with van der Waals surface area (Å²) in [4.78, 5) is 25.2. The van der Waals surface area contributed by atoms with E-state index >= 15 is 0 Å². The van der Waals surface area contributed by atoms with Crippen LogP contribution in [0, 0.1) is 0 Å². The van der Waals surface area contributed by atoms with E-state index in [9.17, 15) is 9.59 Å². The number of carbonyl (C=O) groups excluding carboxylic acids is 2. The Kier molecular flexibility index (Phi) is 4.08. The lowest BCUT2D eigenvalue weighted by molar-refractivity contribution is -0.134. The van der Waals surface area contributed by atoms with Crippen molar-refractivity contribution in [1.29, 1.82) is 0 Å². The number of amides is 2. The summed E-state index contributed by atoms with van der Waals surface area (Å²) in [7, 11) is 0. The van der Waals surface area contributed by atoms with Gasteiger partial charge in [-0.25, -0.2) is 0 Å². The van der Waals surface area contributed by atoms with Crippen LogP contribution in [-0.4, -0.2) is 36.4 Å². The SMILES string of the molecule is O=C1CCc2cc(OCC(=O)N3CCCCC3)ccc2N1. The van der Waals surface area contributed by atoms with E-state index in [1.54, 1.807) is 6.07 Å². The van der Waals surface area contributed by atoms with Crippen LogP contribution in [0.3, 0.4) is 0 Å². The van der Waals surface area contributed by atoms with Crippen LogP contribution >= 0.6 is 0 Å². The summed E-state index contributed by atoms with van der Waals surface area (Å²) >= 11 is 0. The van der Waals surface area contributed by atoms with E-state index in [-0.39, 0.29) is 18.4 Å². The second kappa shape index (κ2) is 6.16. The van der Waals surface area contributed by atoms with Gasteiger partial charge in [-0.1, -0.05) is 0 Å². The number of hydrogen-bond donors (Lipinski definition) is 1. The van der Waals surface area contributed by atoms with Crippen LogP contribution in [0.15, 0.2) is 18.2 Å². The Balaban J connectivity index is 1.58. The molecule has 2 amide bonds. The Labute approximate surface area is 124 Å². The first-order valence-corrected chi connectivity index (χ1v) is 7.56. The standard InChI is InChI=1S/C16H20N2O3/c19-15-7-4-12-10-13(5-6-14(12)17-15)21-11-16(20)18-8-2-1-3-9-18/h5-6,10H,1-4,7-9,11H2,(H,17,19). The third-order valence-electron chi connectivity index (χ3n) is 4.04. The van der Waals surface area contributed by atoms with Crippen molar-refractivity contribution in [3.63, 3.8) is 0 Å². The lowest BCUT2D eigenvalue weighted by atomic mass is 10.0. The summed E-state index contributed by atoms with van der Waals surface area (Å²) in [5.41, 5.74) is 1.92. The van der Waals surface area contributed by atoms with Gasteiger partial charge >= 0.3 is 0 Å². The molecule has 1 aromatic carbocycles. The maximum absolute atomic E-state index is 12.0. The van der Waals surface area contributed by atoms with Gasteiger partial charge in [-0.15, -0.1) is 0 Å². The molecule has 0 aliphatic carbocycles. The van der Waals surface area contributed by atoms with Gasteiger partial charge in [0.15, 0.2) is 6.61 Å². The number of piperidine rings is 1. The minimum Gasteiger partial charge on any atom is -0.484 e. The Morgan fingerprint density at radius 3 is 2.81 bits per heavy atom. The highest BCUT2D eigenvalue weighted by atomic mass is 16.5. The first-order chi connectivity index (χ1) is 10.2. The molecule has 1 aromatic rings. The number of anilines is 1. The molecule has 0 radical (unpaired) electrons. The van der Waals surface area contributed by atoms with E-state index < -0.39 is 0 Å². The van der Waals surface area contributed by atoms with E-state index in [0.717, 1.165) is 43.6 Å². The predicted molar refractivity (Wildman–Crippen MR) is 79.3 cm³/mol. The summed E-state index contributed by atoms with van der Waals surface area (Å²) in [6.07, 6.45) is 4.61. The third-order valence-corrected chi connectivity index (χ3v) is 4.04. The second-order valence-electron chi connectivity index (χ2n) is 5.60. The molecule has 21 heavy (non-hydrogen) atoms. The van der Waals surface area contributed by atoms with Crippen molar-refractivity contribution in [3.8, 4) is 5.75 Å². The first kappa shape index (κ1) is 13.9. The number of aryl methyl sites for hydroxylation is 1. The molecule has 5 heteroatoms. The molecule has 0 spiro atoms. The van der Waals surface area contributed by atoms with Crippen LogP contribution in [0.1, 0.15) is 31.2 Å². The number of rotatable bonds is 3. The third kappa shape index (κ3) is 3.35. The largest absolute Gasteiger partial charge is 0.484 e. The number of carbonyl (C=O) groups is 2. The molecular weight excluding hydrogens is 268 g/mol. The minimum atomic E-state index is 0.0523. The number of nitrogens with one attached hydrogen (secondary N) is 1. The van der Waals surface area contributed by atoms with Crippen LogP contribution in [0.5, 0.6) is 5.75 Å². The van der Waals surface area contributed by atoms with E-state index in [2.05, 4.69) is 5.32 Å². The number of ether oxygens (including phenoxy) is 1. The van der Waals surface area contributed by atoms with Crippen molar-refractivity contribution in [3.05, 3.63) is 23.8 Å². The van der Waals surface area contributed by atoms with Gasteiger partial charge in [0.05, 0.1) is 0 Å². The van der Waals surface area contributed by atoms with Gasteiger partial charge in [-0.05, 0) is 49.4 Å². The molecule has 5 nitrogen and oxygen atoms in total. The molecule has 1 fully saturated rings. The predicted octanol–water partition coefficient (Wildman–Crippen LogP) is 1.96. The molecule has 0 aromatic heterocycles. The van der Waals surface area contributed by atoms with E-state index in [0.29, 0.717) is 12.2 Å². The van der Waals surface area contributed by atoms with Gasteiger partial charge in [-0.3, -0.25) is 9.59 Å². The zero-order valence-corrected chi connectivity index (χ0v) is 12.1. The number of benzene rings is 1. The molecule has 3 rings (SSSR count). The van der Waals surface area contributed by atoms with Crippen LogP contribution < -0.4 is 10.1 Å². The molecule has 2 aliphatic heterocycles. The maximum atomic E-state index is 12.0. The fraction of sp³-hybridized carbons (Fsp3) is 0.500. The van der Waals surface area contributed by atoms with Gasteiger partial charge in [0.1, 0.15) is 5.75 Å². The van der Waals surface area contributed by atoms with Gasteiger partial charge in [-0.2, -0.15) is 0 Å². The van der Waals surface area contributed by atoms with Crippen molar-refractivity contribution in [2.45, 2.75) is 32.1 Å². The highest BCUT2D eigenvalue weighted by molar-refractivity contribution is 5.94. The number of likely N-dealkylation sites (tertiary alicyclic amines) is 1. The zero-order valence-electron chi connectivity index (χ0n) is 12.1. The maximum Gasteiger partial charge on any atom is 0.260 e. The average molecular weight is 288 g/mol. The van der Waals surface area contributed by atoms with Crippen LogP contribution in [0.2, 0.25) is 0 Å². The van der Waals surface area contributed by atoms with E-state index in [1.165, 1.54) is 6.42 Å². The molecule has 0 saturated carbocycles. The molecule has 0 bridgehead atoms. The number of fused-ring (bicyclic) bond motifs is 1. The summed E-state index contributed by atoms with van der Waals surface area (Å²) in [6, 6.07) is 5.55. The van der Waals surface area contributed by atoms with Crippen molar-refractivity contribution in [1.82, 2.24) is 4.90 Å². The Bertz CT molecular complexity index is 550. The smallest absolute Gasteiger partial charge is 0.260 e. The first-order valence-electron chi connectivity index (χ1n) is 7.56. The summed E-state index contributed by atoms with van der Waals surface area (Å²) < 4.78 is 5.61. The summed E-state index contributed by atoms with van der Waals surface area (Å²) in [6.45, 7) is 1.78. The van der Waals surface area contributed by atoms with E-state index in [1.807, 2.05) is 17.0 Å². The van der Waals surface area contributed by atoms with Gasteiger partial charge in [0.2, 0.25) is 5.91 Å². The van der Waals surface area contributed by atoms with Crippen LogP contribution in [0.25, 0.3) is 0 Å². The number of hydrogen-bond acceptors (Lipinski definition) is 3. The highest BCUT2D eigenvalue weighted by Gasteiger charge is 2.18. The van der Waals surface area contributed by atoms with Crippen molar-refractivity contribution >= 4 is 17.5 Å². The zero-order chi connectivity index (χ0) is 14.7. The normalized spacial score (nSPS) is 17.9. The molecule has 1 N–H and O–H groups in total. The topological polar surface area (TPSA) is 58.6 Å². The minimum absolute atomic E-state index is 0.0523. The van der Waals surface area contributed by atoms with Crippen molar-refractivity contribution in [2.75, 3.05) is 25.0 Å². The van der Waals surface area contributed by atoms with Crippen LogP contribution in [-0.2, 0) is 16.0 Å². The van der Waals surface area contributed by atoms with Crippen molar-refractivity contribution in [2.24, 2.45) is 0 Å². The lowest BCUT2D eigenvalue weighted by Gasteiger charge is -2.26. The molecule has 2 heterocycles. The summed E-state index contributed by atoms with van der Waals surface area (Å²) in [5.74, 6) is 0.799. The molecule has 1 saturated heterocycles. The average Bonchev–Trinajstić information content (AvgIpc) is 2.53. The fourth-order valence-corrected chi connectivity index (χ4v) is 2.83. The highest BCUT2D eigenvalue weighted by Crippen LogP contribution is 2.26. The second-order valence-corrected chi connectivity index (χ2v) is 5.60. The number of nitrogens with zero attached hydrogens (tertiary/aromatic N) is 1. The van der Waals surface area contributed by atoms with Gasteiger partial charge in [0, 0.05) is 25.2 Å². The Hall–Kier alpha value is -2.04. The molecule has 0 atom stereocenters. The van der Waals surface area contributed by atoms with Crippen molar-refractivity contribution < 1.29 is 14.3 Å². The quantitative estimate of drug-likeness (QED) is 0.925.